The van der Waals surface area contributed by atoms with Crippen molar-refractivity contribution in [2.75, 3.05) is 6.54 Å². The van der Waals surface area contributed by atoms with E-state index in [1.54, 1.807) is 23.7 Å². The summed E-state index contributed by atoms with van der Waals surface area (Å²) in [5.74, 6) is 0.626. The van der Waals surface area contributed by atoms with E-state index in [4.69, 9.17) is 4.98 Å². The zero-order valence-electron chi connectivity index (χ0n) is 20.6. The second kappa shape index (κ2) is 9.42. The molecule has 4 aromatic heterocycles. The van der Waals surface area contributed by atoms with Crippen LogP contribution < -0.4 is 10.9 Å². The van der Waals surface area contributed by atoms with Crippen LogP contribution in [0.15, 0.2) is 53.8 Å². The molecule has 0 unspecified atom stereocenters. The van der Waals surface area contributed by atoms with Gasteiger partial charge in [-0.1, -0.05) is 6.07 Å². The van der Waals surface area contributed by atoms with E-state index in [1.807, 2.05) is 6.07 Å². The van der Waals surface area contributed by atoms with Gasteiger partial charge in [-0.2, -0.15) is 13.2 Å². The van der Waals surface area contributed by atoms with Crippen LogP contribution in [0, 0.1) is 5.82 Å². The predicted octanol–water partition coefficient (Wildman–Crippen LogP) is 4.24. The van der Waals surface area contributed by atoms with E-state index >= 15 is 0 Å². The van der Waals surface area contributed by atoms with Crippen molar-refractivity contribution in [2.45, 2.75) is 31.5 Å². The number of pyridine rings is 1. The summed E-state index contributed by atoms with van der Waals surface area (Å²) in [5, 5.41) is 10.4. The lowest BCUT2D eigenvalue weighted by atomic mass is 9.98. The molecule has 200 valence electrons. The molecule has 0 radical (unpaired) electrons. The number of hydrogen-bond donors (Lipinski definition) is 2. The molecular formula is C26H22F4N8O. The van der Waals surface area contributed by atoms with Crippen molar-refractivity contribution in [1.82, 2.24) is 39.6 Å². The van der Waals surface area contributed by atoms with Gasteiger partial charge in [0.25, 0.3) is 5.56 Å². The molecule has 4 heterocycles. The van der Waals surface area contributed by atoms with Gasteiger partial charge in [-0.05, 0) is 54.3 Å². The van der Waals surface area contributed by atoms with E-state index in [0.29, 0.717) is 34.0 Å². The van der Waals surface area contributed by atoms with Crippen molar-refractivity contribution < 1.29 is 17.6 Å². The van der Waals surface area contributed by atoms with Crippen LogP contribution in [0.1, 0.15) is 30.1 Å². The van der Waals surface area contributed by atoms with Gasteiger partial charge in [-0.25, -0.2) is 18.9 Å². The summed E-state index contributed by atoms with van der Waals surface area (Å²) in [5.41, 5.74) is 3.19. The molecule has 1 aliphatic carbocycles. The fourth-order valence-electron chi connectivity index (χ4n) is 4.54. The smallest absolute Gasteiger partial charge is 0.351 e. The second-order valence-corrected chi connectivity index (χ2v) is 9.56. The molecule has 13 heteroatoms. The average molecular weight is 539 g/mol. The normalized spacial score (nSPS) is 13.9. The molecular weight excluding hydrogens is 516 g/mol. The molecule has 39 heavy (non-hydrogen) atoms. The van der Waals surface area contributed by atoms with E-state index in [-0.39, 0.29) is 18.0 Å². The zero-order valence-corrected chi connectivity index (χ0v) is 20.6. The number of benzene rings is 1. The van der Waals surface area contributed by atoms with Crippen molar-refractivity contribution in [2.24, 2.45) is 7.05 Å². The molecule has 0 saturated heterocycles. The minimum absolute atomic E-state index is 0.107. The first-order valence-electron chi connectivity index (χ1n) is 12.2. The Morgan fingerprint density at radius 1 is 1.10 bits per heavy atom. The number of H-pyrrole nitrogens is 1. The third kappa shape index (κ3) is 5.04. The van der Waals surface area contributed by atoms with Crippen molar-refractivity contribution >= 4 is 11.0 Å². The van der Waals surface area contributed by atoms with Crippen LogP contribution in [0.2, 0.25) is 0 Å². The van der Waals surface area contributed by atoms with Crippen LogP contribution in [0.3, 0.4) is 0 Å². The predicted molar refractivity (Wildman–Crippen MR) is 135 cm³/mol. The Hall–Kier alpha value is -4.39. The SMILES string of the molecule is Cn1cnnc1-c1cc(F)ccc1-c1cc(C2CC2)nc(-n2cnc3cc(CNCC(F)(F)F)[nH]c3c2=O)c1. The van der Waals surface area contributed by atoms with Gasteiger partial charge < -0.3 is 14.9 Å². The number of fused-ring (bicyclic) bond motifs is 1. The van der Waals surface area contributed by atoms with E-state index in [1.165, 1.54) is 35.4 Å². The maximum atomic E-state index is 14.3. The summed E-state index contributed by atoms with van der Waals surface area (Å²) in [6.45, 7) is -1.26. The molecule has 5 aromatic rings. The standard InChI is InChI=1S/C26H22F4N8O/c1-37-13-33-36-24(37)19-8-16(27)4-5-18(19)15-6-20(14-2-3-14)35-22(7-15)38-12-32-21-9-17(34-23(21)25(38)39)10-31-11-26(28,29)30/h4-9,12-14,31,34H,2-3,10-11H2,1H3. The van der Waals surface area contributed by atoms with E-state index in [2.05, 4.69) is 25.5 Å². The molecule has 6 rings (SSSR count). The van der Waals surface area contributed by atoms with Crippen LogP contribution in [-0.4, -0.2) is 47.0 Å². The molecule has 0 aliphatic heterocycles. The van der Waals surface area contributed by atoms with Gasteiger partial charge in [-0.15, -0.1) is 10.2 Å². The summed E-state index contributed by atoms with van der Waals surface area (Å²) in [4.78, 5) is 25.4. The molecule has 1 saturated carbocycles. The number of halogens is 4. The van der Waals surface area contributed by atoms with Crippen molar-refractivity contribution in [1.29, 1.82) is 0 Å². The Labute approximate surface area is 218 Å². The van der Waals surface area contributed by atoms with E-state index in [9.17, 15) is 22.4 Å². The molecule has 0 bridgehead atoms. The maximum Gasteiger partial charge on any atom is 0.401 e. The molecule has 0 amide bonds. The van der Waals surface area contributed by atoms with E-state index in [0.717, 1.165) is 24.1 Å². The highest BCUT2D eigenvalue weighted by Gasteiger charge is 2.28. The van der Waals surface area contributed by atoms with Crippen LogP contribution >= 0.6 is 0 Å². The van der Waals surface area contributed by atoms with Gasteiger partial charge in [0.15, 0.2) is 5.82 Å². The number of alkyl halides is 3. The minimum atomic E-state index is -4.34. The Balaban J connectivity index is 1.43. The quantitative estimate of drug-likeness (QED) is 0.300. The van der Waals surface area contributed by atoms with Gasteiger partial charge >= 0.3 is 6.18 Å². The highest BCUT2D eigenvalue weighted by molar-refractivity contribution is 5.82. The highest BCUT2D eigenvalue weighted by Crippen LogP contribution is 2.41. The van der Waals surface area contributed by atoms with Gasteiger partial charge in [0.1, 0.15) is 29.8 Å². The first-order valence-corrected chi connectivity index (χ1v) is 12.2. The molecule has 1 fully saturated rings. The molecule has 0 spiro atoms. The Kier molecular flexibility index (Phi) is 6.02. The first-order chi connectivity index (χ1) is 18.7. The van der Waals surface area contributed by atoms with Crippen molar-refractivity contribution in [3.63, 3.8) is 0 Å². The average Bonchev–Trinajstić information content (AvgIpc) is 3.52. The number of nitrogens with one attached hydrogen (secondary N) is 2. The lowest BCUT2D eigenvalue weighted by Gasteiger charge is -2.13. The molecule has 1 aromatic carbocycles. The molecule has 2 N–H and O–H groups in total. The molecule has 9 nitrogen and oxygen atoms in total. The summed E-state index contributed by atoms with van der Waals surface area (Å²) < 4.78 is 54.8. The van der Waals surface area contributed by atoms with E-state index < -0.39 is 24.1 Å². The van der Waals surface area contributed by atoms with Gasteiger partial charge in [0.05, 0.1) is 12.1 Å². The minimum Gasteiger partial charge on any atom is -0.351 e. The number of hydrogen-bond acceptors (Lipinski definition) is 6. The number of aromatic nitrogens is 7. The fourth-order valence-corrected chi connectivity index (χ4v) is 4.54. The monoisotopic (exact) mass is 538 g/mol. The van der Waals surface area contributed by atoms with Crippen molar-refractivity contribution in [3.05, 3.63) is 76.6 Å². The lowest BCUT2D eigenvalue weighted by molar-refractivity contribution is -0.125. The number of aromatic amines is 1. The van der Waals surface area contributed by atoms with Gasteiger partial charge in [0, 0.05) is 36.5 Å². The van der Waals surface area contributed by atoms with Crippen LogP contribution in [-0.2, 0) is 13.6 Å². The Morgan fingerprint density at radius 3 is 2.64 bits per heavy atom. The first kappa shape index (κ1) is 24.9. The Bertz CT molecular complexity index is 1750. The summed E-state index contributed by atoms with van der Waals surface area (Å²) in [6.07, 6.45) is 0.465. The molecule has 1 aliphatic rings. The second-order valence-electron chi connectivity index (χ2n) is 9.56. The summed E-state index contributed by atoms with van der Waals surface area (Å²) >= 11 is 0. The highest BCUT2D eigenvalue weighted by atomic mass is 19.4. The third-order valence-corrected chi connectivity index (χ3v) is 6.56. The number of rotatable bonds is 7. The number of nitrogens with zero attached hydrogens (tertiary/aromatic N) is 6. The zero-order chi connectivity index (χ0) is 27.3. The maximum absolute atomic E-state index is 14.3. The fraction of sp³-hybridized carbons (Fsp3) is 0.269. The van der Waals surface area contributed by atoms with Gasteiger partial charge in [-0.3, -0.25) is 4.79 Å². The Morgan fingerprint density at radius 2 is 1.92 bits per heavy atom. The largest absolute Gasteiger partial charge is 0.401 e. The molecule has 0 atom stereocenters. The van der Waals surface area contributed by atoms with Crippen LogP contribution in [0.4, 0.5) is 17.6 Å². The lowest BCUT2D eigenvalue weighted by Crippen LogP contribution is -2.28. The summed E-state index contributed by atoms with van der Waals surface area (Å²) in [7, 11) is 1.77. The van der Waals surface area contributed by atoms with Crippen LogP contribution in [0.25, 0.3) is 39.4 Å². The third-order valence-electron chi connectivity index (χ3n) is 6.56. The topological polar surface area (TPSA) is 106 Å². The van der Waals surface area contributed by atoms with Crippen molar-refractivity contribution in [3.8, 4) is 28.3 Å². The number of aryl methyl sites for hydroxylation is 1. The van der Waals surface area contributed by atoms with Crippen LogP contribution in [0.5, 0.6) is 0 Å². The summed E-state index contributed by atoms with van der Waals surface area (Å²) in [6, 6.07) is 9.61. The van der Waals surface area contributed by atoms with Gasteiger partial charge in [0.2, 0.25) is 0 Å².